The Hall–Kier alpha value is -3.26. The van der Waals surface area contributed by atoms with Crippen LogP contribution in [-0.4, -0.2) is 15.8 Å². The number of hydrogen-bond donors (Lipinski definition) is 0. The molecule has 0 saturated heterocycles. The first-order chi connectivity index (χ1) is 12.1. The Kier molecular flexibility index (Phi) is 3.66. The zero-order valence-electron chi connectivity index (χ0n) is 13.7. The number of rotatable bonds is 2. The highest BCUT2D eigenvalue weighted by atomic mass is 16.4. The molecule has 1 aromatic carbocycles. The summed E-state index contributed by atoms with van der Waals surface area (Å²) in [5.41, 5.74) is 3.49. The van der Waals surface area contributed by atoms with E-state index in [4.69, 9.17) is 9.68 Å². The number of pyridine rings is 1. The van der Waals surface area contributed by atoms with E-state index < -0.39 is 0 Å². The van der Waals surface area contributed by atoms with E-state index in [1.807, 2.05) is 12.1 Å². The van der Waals surface area contributed by atoms with Gasteiger partial charge in [-0.1, -0.05) is 19.1 Å². The topological polar surface area (TPSA) is 79.8 Å². The van der Waals surface area contributed by atoms with Gasteiger partial charge in [-0.2, -0.15) is 5.26 Å². The lowest BCUT2D eigenvalue weighted by molar-refractivity contribution is 0.0952. The number of ketones is 1. The quantitative estimate of drug-likeness (QED) is 0.709. The molecule has 2 heterocycles. The third-order valence-electron chi connectivity index (χ3n) is 4.35. The minimum Gasteiger partial charge on any atom is -0.435 e. The van der Waals surface area contributed by atoms with Crippen LogP contribution in [0.4, 0.5) is 0 Å². The fourth-order valence-electron chi connectivity index (χ4n) is 3.13. The van der Waals surface area contributed by atoms with Crippen LogP contribution in [-0.2, 0) is 6.42 Å². The molecule has 0 N–H and O–H groups in total. The predicted molar refractivity (Wildman–Crippen MR) is 91.7 cm³/mol. The lowest BCUT2D eigenvalue weighted by Crippen LogP contribution is -2.19. The molecular formula is C20H15N3O2. The van der Waals surface area contributed by atoms with Gasteiger partial charge in [0.2, 0.25) is 5.89 Å². The molecule has 0 aliphatic heterocycles. The first-order valence-electron chi connectivity index (χ1n) is 8.14. The van der Waals surface area contributed by atoms with E-state index in [0.29, 0.717) is 40.8 Å². The number of nitriles is 1. The third kappa shape index (κ3) is 2.83. The highest BCUT2D eigenvalue weighted by molar-refractivity contribution is 5.98. The fourth-order valence-corrected chi connectivity index (χ4v) is 3.13. The average molecular weight is 329 g/mol. The summed E-state index contributed by atoms with van der Waals surface area (Å²) in [7, 11) is 0. The molecule has 5 heteroatoms. The number of hydrogen-bond acceptors (Lipinski definition) is 5. The van der Waals surface area contributed by atoms with Gasteiger partial charge in [-0.3, -0.25) is 4.79 Å². The van der Waals surface area contributed by atoms with Crippen molar-refractivity contribution in [3.05, 3.63) is 59.4 Å². The van der Waals surface area contributed by atoms with Gasteiger partial charge in [0.15, 0.2) is 11.5 Å². The summed E-state index contributed by atoms with van der Waals surface area (Å²) in [4.78, 5) is 21.0. The number of oxazole rings is 1. The molecule has 0 amide bonds. The molecule has 1 aliphatic rings. The number of nitrogens with zero attached hydrogens (tertiary/aromatic N) is 3. The van der Waals surface area contributed by atoms with Crippen molar-refractivity contribution < 1.29 is 9.21 Å². The fraction of sp³-hybridized carbons (Fsp3) is 0.200. The van der Waals surface area contributed by atoms with Crippen molar-refractivity contribution in [1.82, 2.24) is 9.97 Å². The van der Waals surface area contributed by atoms with Crippen LogP contribution in [0.1, 0.15) is 35.0 Å². The molecule has 25 heavy (non-hydrogen) atoms. The van der Waals surface area contributed by atoms with Crippen LogP contribution in [0.25, 0.3) is 22.9 Å². The van der Waals surface area contributed by atoms with Gasteiger partial charge in [0.1, 0.15) is 5.69 Å². The SMILES string of the molecule is CC1CC(=O)c2ccc(-c3ncc(-c4cccc(C#N)c4)o3)nc2C1. The zero-order valence-corrected chi connectivity index (χ0v) is 13.7. The monoisotopic (exact) mass is 329 g/mol. The minimum absolute atomic E-state index is 0.147. The molecule has 0 radical (unpaired) electrons. The van der Waals surface area contributed by atoms with E-state index in [1.54, 1.807) is 30.5 Å². The van der Waals surface area contributed by atoms with Gasteiger partial charge in [-0.05, 0) is 36.6 Å². The van der Waals surface area contributed by atoms with Gasteiger partial charge in [0.05, 0.1) is 23.5 Å². The lowest BCUT2D eigenvalue weighted by atomic mass is 9.87. The average Bonchev–Trinajstić information content (AvgIpc) is 3.11. The van der Waals surface area contributed by atoms with Crippen molar-refractivity contribution in [3.63, 3.8) is 0 Å². The molecule has 2 aromatic heterocycles. The Morgan fingerprint density at radius 3 is 2.96 bits per heavy atom. The van der Waals surface area contributed by atoms with Crippen molar-refractivity contribution >= 4 is 5.78 Å². The molecule has 5 nitrogen and oxygen atoms in total. The van der Waals surface area contributed by atoms with Crippen LogP contribution in [0.2, 0.25) is 0 Å². The largest absolute Gasteiger partial charge is 0.435 e. The van der Waals surface area contributed by atoms with Gasteiger partial charge in [-0.25, -0.2) is 9.97 Å². The number of carbonyl (C=O) groups excluding carboxylic acids is 1. The zero-order chi connectivity index (χ0) is 17.4. The standard InChI is InChI=1S/C20H15N3O2/c1-12-7-17-15(18(24)8-12)5-6-16(23-17)20-22-11-19(25-20)14-4-2-3-13(9-14)10-21/h2-6,9,11-12H,7-8H2,1H3. The van der Waals surface area contributed by atoms with Crippen LogP contribution in [0, 0.1) is 17.2 Å². The summed E-state index contributed by atoms with van der Waals surface area (Å²) in [5.74, 6) is 1.44. The Morgan fingerprint density at radius 1 is 1.24 bits per heavy atom. The molecule has 0 saturated carbocycles. The molecule has 4 rings (SSSR count). The molecule has 1 atom stereocenters. The molecule has 0 bridgehead atoms. The van der Waals surface area contributed by atoms with Gasteiger partial charge >= 0.3 is 0 Å². The second-order valence-electron chi connectivity index (χ2n) is 6.35. The van der Waals surface area contributed by atoms with Gasteiger partial charge in [-0.15, -0.1) is 0 Å². The van der Waals surface area contributed by atoms with Gasteiger partial charge < -0.3 is 4.42 Å². The van der Waals surface area contributed by atoms with Crippen molar-refractivity contribution in [2.45, 2.75) is 19.8 Å². The van der Waals surface area contributed by atoms with E-state index in [-0.39, 0.29) is 5.78 Å². The highest BCUT2D eigenvalue weighted by Crippen LogP contribution is 2.29. The normalized spacial score (nSPS) is 16.3. The van der Waals surface area contributed by atoms with Crippen molar-refractivity contribution in [3.8, 4) is 29.0 Å². The summed E-state index contributed by atoms with van der Waals surface area (Å²) in [6.45, 7) is 2.06. The van der Waals surface area contributed by atoms with Crippen LogP contribution in [0.3, 0.4) is 0 Å². The van der Waals surface area contributed by atoms with E-state index in [2.05, 4.69) is 23.0 Å². The second kappa shape index (κ2) is 5.99. The summed E-state index contributed by atoms with van der Waals surface area (Å²) in [6.07, 6.45) is 2.99. The van der Waals surface area contributed by atoms with Gasteiger partial charge in [0.25, 0.3) is 0 Å². The molecule has 1 unspecified atom stereocenters. The Morgan fingerprint density at radius 2 is 2.12 bits per heavy atom. The van der Waals surface area contributed by atoms with Gasteiger partial charge in [0, 0.05) is 17.5 Å². The summed E-state index contributed by atoms with van der Waals surface area (Å²) in [5, 5.41) is 9.01. The predicted octanol–water partition coefficient (Wildman–Crippen LogP) is 4.04. The number of Topliss-reactive ketones (excluding diaryl/α,β-unsaturated/α-hetero) is 1. The Bertz CT molecular complexity index is 1010. The maximum Gasteiger partial charge on any atom is 0.245 e. The number of aromatic nitrogens is 2. The van der Waals surface area contributed by atoms with Crippen molar-refractivity contribution in [2.24, 2.45) is 5.92 Å². The molecular weight excluding hydrogens is 314 g/mol. The van der Waals surface area contributed by atoms with E-state index in [1.165, 1.54) is 0 Å². The van der Waals surface area contributed by atoms with Crippen molar-refractivity contribution in [2.75, 3.05) is 0 Å². The van der Waals surface area contributed by atoms with Crippen LogP contribution >= 0.6 is 0 Å². The maximum absolute atomic E-state index is 12.1. The lowest BCUT2D eigenvalue weighted by Gasteiger charge is -2.19. The Balaban J connectivity index is 1.70. The number of carbonyl (C=O) groups is 1. The highest BCUT2D eigenvalue weighted by Gasteiger charge is 2.24. The smallest absolute Gasteiger partial charge is 0.245 e. The molecule has 1 aliphatic carbocycles. The molecule has 122 valence electrons. The third-order valence-corrected chi connectivity index (χ3v) is 4.35. The van der Waals surface area contributed by atoms with E-state index in [9.17, 15) is 4.79 Å². The molecule has 3 aromatic rings. The molecule has 0 fully saturated rings. The second-order valence-corrected chi connectivity index (χ2v) is 6.35. The van der Waals surface area contributed by atoms with E-state index >= 15 is 0 Å². The summed E-state index contributed by atoms with van der Waals surface area (Å²) >= 11 is 0. The number of fused-ring (bicyclic) bond motifs is 1. The van der Waals surface area contributed by atoms with Crippen molar-refractivity contribution in [1.29, 1.82) is 5.26 Å². The Labute approximate surface area is 145 Å². The molecule has 0 spiro atoms. The van der Waals surface area contributed by atoms with E-state index in [0.717, 1.165) is 17.7 Å². The van der Waals surface area contributed by atoms with Crippen LogP contribution < -0.4 is 0 Å². The minimum atomic E-state index is 0.147. The first-order valence-corrected chi connectivity index (χ1v) is 8.14. The first kappa shape index (κ1) is 15.3. The summed E-state index contributed by atoms with van der Waals surface area (Å²) in [6, 6.07) is 12.9. The van der Waals surface area contributed by atoms with Crippen LogP contribution in [0.15, 0.2) is 47.0 Å². The van der Waals surface area contributed by atoms with Crippen LogP contribution in [0.5, 0.6) is 0 Å². The summed E-state index contributed by atoms with van der Waals surface area (Å²) < 4.78 is 5.83. The number of benzene rings is 1. The maximum atomic E-state index is 12.1.